The van der Waals surface area contributed by atoms with Crippen LogP contribution in [-0.2, 0) is 10.0 Å². The molecule has 0 saturated carbocycles. The summed E-state index contributed by atoms with van der Waals surface area (Å²) in [5.41, 5.74) is 1.25. The van der Waals surface area contributed by atoms with Gasteiger partial charge in [0.05, 0.1) is 4.90 Å². The Morgan fingerprint density at radius 1 is 1.07 bits per heavy atom. The van der Waals surface area contributed by atoms with E-state index in [1.54, 1.807) is 20.1 Å². The number of hydrogen-bond acceptors (Lipinski definition) is 7. The molecule has 1 heterocycles. The highest BCUT2D eigenvalue weighted by atomic mass is 32.2. The molecule has 10 heteroatoms. The number of amides is 1. The van der Waals surface area contributed by atoms with Crippen molar-refractivity contribution in [3.05, 3.63) is 65.7 Å². The molecule has 0 bridgehead atoms. The van der Waals surface area contributed by atoms with E-state index < -0.39 is 15.9 Å². The third kappa shape index (κ3) is 5.15. The van der Waals surface area contributed by atoms with Crippen LogP contribution in [0.1, 0.15) is 29.8 Å². The highest BCUT2D eigenvalue weighted by molar-refractivity contribution is 7.89. The standard InChI is InChI=1S/C20H21N5O3S2/c1-3-25(4-2)30(27,28)17-12-10-16(11-13-17)18(26)22-20-24-23-19(29-20)21-14-15-8-6-5-7-9-15/h5-14H,3-4H2,1-2H3,(H,22,24,26). The molecule has 3 rings (SSSR count). The van der Waals surface area contributed by atoms with Gasteiger partial charge in [-0.25, -0.2) is 13.4 Å². The predicted octanol–water partition coefficient (Wildman–Crippen LogP) is 3.57. The number of hydrogen-bond donors (Lipinski definition) is 1. The molecule has 0 unspecified atom stereocenters. The SMILES string of the molecule is CCN(CC)S(=O)(=O)c1ccc(C(=O)Nc2nnc(N=Cc3ccccc3)s2)cc1. The predicted molar refractivity (Wildman–Crippen MR) is 118 cm³/mol. The maximum atomic E-state index is 12.5. The van der Waals surface area contributed by atoms with Crippen LogP contribution in [-0.4, -0.2) is 48.1 Å². The van der Waals surface area contributed by atoms with Gasteiger partial charge in [0.1, 0.15) is 0 Å². The van der Waals surface area contributed by atoms with Crippen LogP contribution in [0.3, 0.4) is 0 Å². The normalized spacial score (nSPS) is 11.8. The van der Waals surface area contributed by atoms with Gasteiger partial charge < -0.3 is 0 Å². The van der Waals surface area contributed by atoms with Crippen LogP contribution in [0.2, 0.25) is 0 Å². The molecule has 0 aliphatic rings. The summed E-state index contributed by atoms with van der Waals surface area (Å²) in [5.74, 6) is -0.406. The molecular weight excluding hydrogens is 422 g/mol. The summed E-state index contributed by atoms with van der Waals surface area (Å²) in [4.78, 5) is 16.8. The second-order valence-corrected chi connectivity index (χ2v) is 9.02. The third-order valence-electron chi connectivity index (χ3n) is 4.22. The smallest absolute Gasteiger partial charge is 0.257 e. The summed E-state index contributed by atoms with van der Waals surface area (Å²) in [6.07, 6.45) is 1.67. The first-order valence-electron chi connectivity index (χ1n) is 9.28. The van der Waals surface area contributed by atoms with Crippen molar-refractivity contribution in [2.45, 2.75) is 18.7 Å². The maximum Gasteiger partial charge on any atom is 0.257 e. The molecule has 2 aromatic carbocycles. The molecule has 0 radical (unpaired) electrons. The lowest BCUT2D eigenvalue weighted by atomic mass is 10.2. The summed E-state index contributed by atoms with van der Waals surface area (Å²) in [5, 5.41) is 11.2. The Labute approximate surface area is 179 Å². The number of rotatable bonds is 8. The average Bonchev–Trinajstić information content (AvgIpc) is 3.21. The van der Waals surface area contributed by atoms with Crippen molar-refractivity contribution in [2.75, 3.05) is 18.4 Å². The van der Waals surface area contributed by atoms with Crippen LogP contribution in [0.25, 0.3) is 0 Å². The minimum Gasteiger partial charge on any atom is -0.296 e. The lowest BCUT2D eigenvalue weighted by molar-refractivity contribution is 0.102. The van der Waals surface area contributed by atoms with Crippen molar-refractivity contribution in [3.8, 4) is 0 Å². The van der Waals surface area contributed by atoms with Crippen molar-refractivity contribution in [3.63, 3.8) is 0 Å². The molecule has 0 spiro atoms. The first-order chi connectivity index (χ1) is 14.4. The van der Waals surface area contributed by atoms with E-state index in [1.165, 1.54) is 28.6 Å². The number of sulfonamides is 1. The summed E-state index contributed by atoms with van der Waals surface area (Å²) >= 11 is 1.14. The van der Waals surface area contributed by atoms with Gasteiger partial charge in [-0.15, -0.1) is 10.2 Å². The van der Waals surface area contributed by atoms with Gasteiger partial charge in [0.2, 0.25) is 20.3 Å². The number of nitrogens with zero attached hydrogens (tertiary/aromatic N) is 4. The Hall–Kier alpha value is -2.95. The Kier molecular flexibility index (Phi) is 7.03. The average molecular weight is 444 g/mol. The van der Waals surface area contributed by atoms with Crippen molar-refractivity contribution in [2.24, 2.45) is 4.99 Å². The number of aliphatic imine (C=N–C) groups is 1. The zero-order valence-corrected chi connectivity index (χ0v) is 18.2. The van der Waals surface area contributed by atoms with E-state index >= 15 is 0 Å². The molecular formula is C20H21N5O3S2. The molecule has 156 valence electrons. The van der Waals surface area contributed by atoms with Crippen LogP contribution in [0.4, 0.5) is 10.3 Å². The Morgan fingerprint density at radius 2 is 1.73 bits per heavy atom. The molecule has 30 heavy (non-hydrogen) atoms. The summed E-state index contributed by atoms with van der Waals surface area (Å²) < 4.78 is 26.4. The molecule has 1 aromatic heterocycles. The lowest BCUT2D eigenvalue weighted by Crippen LogP contribution is -2.30. The number of nitrogens with one attached hydrogen (secondary N) is 1. The summed E-state index contributed by atoms with van der Waals surface area (Å²) in [6.45, 7) is 4.33. The number of aromatic nitrogens is 2. The Morgan fingerprint density at radius 3 is 2.37 bits per heavy atom. The van der Waals surface area contributed by atoms with E-state index in [0.29, 0.717) is 28.9 Å². The Bertz CT molecular complexity index is 1120. The summed E-state index contributed by atoms with van der Waals surface area (Å²) in [7, 11) is -3.56. The lowest BCUT2D eigenvalue weighted by Gasteiger charge is -2.18. The minimum atomic E-state index is -3.56. The van der Waals surface area contributed by atoms with Gasteiger partial charge in [-0.3, -0.25) is 10.1 Å². The van der Waals surface area contributed by atoms with Crippen molar-refractivity contribution in [1.29, 1.82) is 0 Å². The Balaban J connectivity index is 1.67. The van der Waals surface area contributed by atoms with E-state index in [-0.39, 0.29) is 4.90 Å². The van der Waals surface area contributed by atoms with E-state index in [1.807, 2.05) is 30.3 Å². The number of anilines is 1. The fourth-order valence-corrected chi connectivity index (χ4v) is 4.69. The zero-order chi connectivity index (χ0) is 21.6. The second kappa shape index (κ2) is 9.70. The largest absolute Gasteiger partial charge is 0.296 e. The van der Waals surface area contributed by atoms with Gasteiger partial charge >= 0.3 is 0 Å². The number of benzene rings is 2. The number of carbonyl (C=O) groups is 1. The fraction of sp³-hybridized carbons (Fsp3) is 0.200. The van der Waals surface area contributed by atoms with E-state index in [9.17, 15) is 13.2 Å². The van der Waals surface area contributed by atoms with E-state index in [0.717, 1.165) is 16.9 Å². The fourth-order valence-electron chi connectivity index (χ4n) is 2.65. The van der Waals surface area contributed by atoms with Crippen LogP contribution in [0.5, 0.6) is 0 Å². The molecule has 0 fully saturated rings. The van der Waals surface area contributed by atoms with Gasteiger partial charge in [0.15, 0.2) is 0 Å². The molecule has 8 nitrogen and oxygen atoms in total. The summed E-state index contributed by atoms with van der Waals surface area (Å²) in [6, 6.07) is 15.4. The second-order valence-electron chi connectivity index (χ2n) is 6.13. The zero-order valence-electron chi connectivity index (χ0n) is 16.5. The van der Waals surface area contributed by atoms with Crippen molar-refractivity contribution < 1.29 is 13.2 Å². The highest BCUT2D eigenvalue weighted by Crippen LogP contribution is 2.23. The van der Waals surface area contributed by atoms with Gasteiger partial charge in [-0.2, -0.15) is 4.31 Å². The molecule has 0 saturated heterocycles. The monoisotopic (exact) mass is 443 g/mol. The van der Waals surface area contributed by atoms with Gasteiger partial charge in [0.25, 0.3) is 5.91 Å². The molecule has 1 N–H and O–H groups in total. The van der Waals surface area contributed by atoms with Crippen molar-refractivity contribution >= 4 is 43.7 Å². The van der Waals surface area contributed by atoms with E-state index in [2.05, 4.69) is 20.5 Å². The molecule has 0 aliphatic carbocycles. The number of carbonyl (C=O) groups excluding carboxylic acids is 1. The van der Waals surface area contributed by atoms with E-state index in [4.69, 9.17) is 0 Å². The van der Waals surface area contributed by atoms with Crippen molar-refractivity contribution in [1.82, 2.24) is 14.5 Å². The topological polar surface area (TPSA) is 105 Å². The quantitative estimate of drug-likeness (QED) is 0.536. The van der Waals surface area contributed by atoms with Crippen LogP contribution in [0, 0.1) is 0 Å². The first kappa shape index (κ1) is 21.8. The molecule has 3 aromatic rings. The van der Waals surface area contributed by atoms with Gasteiger partial charge in [0, 0.05) is 24.9 Å². The first-order valence-corrected chi connectivity index (χ1v) is 11.5. The molecule has 1 amide bonds. The van der Waals surface area contributed by atoms with Gasteiger partial charge in [-0.1, -0.05) is 55.5 Å². The van der Waals surface area contributed by atoms with Crippen LogP contribution in [0.15, 0.2) is 64.5 Å². The highest BCUT2D eigenvalue weighted by Gasteiger charge is 2.21. The minimum absolute atomic E-state index is 0.149. The van der Waals surface area contributed by atoms with Crippen LogP contribution >= 0.6 is 11.3 Å². The third-order valence-corrected chi connectivity index (χ3v) is 7.03. The molecule has 0 aliphatic heterocycles. The van der Waals surface area contributed by atoms with Crippen LogP contribution < -0.4 is 5.32 Å². The maximum absolute atomic E-state index is 12.5. The van der Waals surface area contributed by atoms with Gasteiger partial charge in [-0.05, 0) is 29.8 Å². The molecule has 0 atom stereocenters.